The SMILES string of the molecule is CNC(CCCCNC(=O)/C=C/C(=O)O)C(=O)NC(C=O)CCCCNC(=O)/C=C/C(=O)O. The molecule has 0 aromatic rings. The fourth-order valence-electron chi connectivity index (χ4n) is 2.66. The van der Waals surface area contributed by atoms with Gasteiger partial charge in [0.25, 0.3) is 0 Å². The lowest BCUT2D eigenvalue weighted by Crippen LogP contribution is -2.47. The van der Waals surface area contributed by atoms with Gasteiger partial charge in [-0.3, -0.25) is 14.4 Å². The Morgan fingerprint density at radius 1 is 0.758 bits per heavy atom. The molecule has 184 valence electrons. The number of rotatable bonds is 18. The Bertz CT molecular complexity index is 736. The van der Waals surface area contributed by atoms with E-state index in [0.717, 1.165) is 24.3 Å². The standard InChI is InChI=1S/C21H32N4O8/c1-22-16(7-3-5-13-24-18(28)9-11-20(31)32)21(33)25-15(14-26)6-2-4-12-23-17(27)8-10-19(29)30/h8-11,14-16,22H,2-7,12-13H2,1H3,(H,23,27)(H,24,28)(H,25,33)(H,29,30)(H,31,32)/b10-8+,11-9+. The Kier molecular flexibility index (Phi) is 16.1. The lowest BCUT2D eigenvalue weighted by molar-refractivity contribution is -0.132. The molecule has 2 unspecified atom stereocenters. The van der Waals surface area contributed by atoms with Gasteiger partial charge in [-0.05, 0) is 45.6 Å². The number of carboxylic acids is 2. The van der Waals surface area contributed by atoms with Crippen LogP contribution < -0.4 is 21.3 Å². The number of unbranched alkanes of at least 4 members (excludes halogenated alkanes) is 2. The predicted molar refractivity (Wildman–Crippen MR) is 118 cm³/mol. The summed E-state index contributed by atoms with van der Waals surface area (Å²) in [5, 5.41) is 27.5. The van der Waals surface area contributed by atoms with E-state index in [-0.39, 0.29) is 5.91 Å². The first-order valence-electron chi connectivity index (χ1n) is 10.5. The summed E-state index contributed by atoms with van der Waals surface area (Å²) in [7, 11) is 1.63. The first kappa shape index (κ1) is 29.5. The molecule has 0 rings (SSSR count). The van der Waals surface area contributed by atoms with Crippen molar-refractivity contribution in [1.29, 1.82) is 0 Å². The van der Waals surface area contributed by atoms with Gasteiger partial charge in [-0.25, -0.2) is 9.59 Å². The third kappa shape index (κ3) is 16.8. The van der Waals surface area contributed by atoms with Gasteiger partial charge in [-0.1, -0.05) is 0 Å². The third-order valence-corrected chi connectivity index (χ3v) is 4.37. The highest BCUT2D eigenvalue weighted by molar-refractivity contribution is 5.94. The van der Waals surface area contributed by atoms with E-state index >= 15 is 0 Å². The molecule has 0 fully saturated rings. The van der Waals surface area contributed by atoms with Gasteiger partial charge in [0.2, 0.25) is 17.7 Å². The van der Waals surface area contributed by atoms with E-state index in [1.54, 1.807) is 7.05 Å². The number of carbonyl (C=O) groups excluding carboxylic acids is 4. The fourth-order valence-corrected chi connectivity index (χ4v) is 2.66. The molecular weight excluding hydrogens is 436 g/mol. The van der Waals surface area contributed by atoms with Gasteiger partial charge in [0, 0.05) is 37.4 Å². The van der Waals surface area contributed by atoms with Crippen molar-refractivity contribution in [3.05, 3.63) is 24.3 Å². The first-order valence-corrected chi connectivity index (χ1v) is 10.5. The van der Waals surface area contributed by atoms with E-state index in [4.69, 9.17) is 10.2 Å². The lowest BCUT2D eigenvalue weighted by Gasteiger charge is -2.19. The van der Waals surface area contributed by atoms with Crippen LogP contribution in [0, 0.1) is 0 Å². The van der Waals surface area contributed by atoms with Crippen LogP contribution in [0.5, 0.6) is 0 Å². The maximum atomic E-state index is 12.4. The van der Waals surface area contributed by atoms with Gasteiger partial charge in [0.05, 0.1) is 12.1 Å². The maximum Gasteiger partial charge on any atom is 0.328 e. The molecule has 6 N–H and O–H groups in total. The smallest absolute Gasteiger partial charge is 0.328 e. The van der Waals surface area contributed by atoms with Crippen molar-refractivity contribution in [3.63, 3.8) is 0 Å². The minimum atomic E-state index is -1.22. The van der Waals surface area contributed by atoms with E-state index in [1.807, 2.05) is 0 Å². The molecule has 0 aromatic carbocycles. The van der Waals surface area contributed by atoms with Crippen molar-refractivity contribution in [2.75, 3.05) is 20.1 Å². The Hall–Kier alpha value is -3.54. The van der Waals surface area contributed by atoms with Gasteiger partial charge in [0.1, 0.15) is 6.29 Å². The highest BCUT2D eigenvalue weighted by atomic mass is 16.4. The first-order chi connectivity index (χ1) is 15.7. The van der Waals surface area contributed by atoms with E-state index in [2.05, 4.69) is 21.3 Å². The van der Waals surface area contributed by atoms with Gasteiger partial charge in [-0.2, -0.15) is 0 Å². The van der Waals surface area contributed by atoms with E-state index < -0.39 is 35.8 Å². The summed E-state index contributed by atoms with van der Waals surface area (Å²) >= 11 is 0. The maximum absolute atomic E-state index is 12.4. The molecule has 0 spiro atoms. The summed E-state index contributed by atoms with van der Waals surface area (Å²) in [6, 6.07) is -1.19. The zero-order chi connectivity index (χ0) is 25.1. The van der Waals surface area contributed by atoms with Crippen LogP contribution in [-0.2, 0) is 28.8 Å². The third-order valence-electron chi connectivity index (χ3n) is 4.37. The van der Waals surface area contributed by atoms with Crippen LogP contribution in [0.15, 0.2) is 24.3 Å². The second kappa shape index (κ2) is 18.1. The number of likely N-dealkylation sites (N-methyl/N-ethyl adjacent to an activating group) is 1. The molecule has 2 atom stereocenters. The summed E-state index contributed by atoms with van der Waals surface area (Å²) in [6.07, 6.45) is 7.16. The van der Waals surface area contributed by atoms with Crippen LogP contribution in [0.2, 0.25) is 0 Å². The molecule has 0 radical (unpaired) electrons. The normalized spacial score (nSPS) is 12.8. The van der Waals surface area contributed by atoms with Crippen molar-refractivity contribution < 1.29 is 39.0 Å². The summed E-state index contributed by atoms with van der Waals surface area (Å²) in [5.74, 6) is -3.78. The number of aldehydes is 1. The minimum Gasteiger partial charge on any atom is -0.478 e. The Morgan fingerprint density at radius 2 is 1.24 bits per heavy atom. The quantitative estimate of drug-likeness (QED) is 0.0841. The molecule has 0 aliphatic rings. The molecule has 0 heterocycles. The molecular formula is C21H32N4O8. The molecule has 0 aromatic heterocycles. The average Bonchev–Trinajstić information content (AvgIpc) is 2.77. The molecule has 0 saturated carbocycles. The highest BCUT2D eigenvalue weighted by Crippen LogP contribution is 2.04. The zero-order valence-corrected chi connectivity index (χ0v) is 18.5. The molecule has 0 saturated heterocycles. The van der Waals surface area contributed by atoms with Gasteiger partial charge in [0.15, 0.2) is 0 Å². The summed E-state index contributed by atoms with van der Waals surface area (Å²) in [4.78, 5) is 67.0. The average molecular weight is 469 g/mol. The Labute approximate surface area is 191 Å². The van der Waals surface area contributed by atoms with Gasteiger partial charge in [-0.15, -0.1) is 0 Å². The molecule has 0 aliphatic heterocycles. The Balaban J connectivity index is 4.15. The monoisotopic (exact) mass is 468 g/mol. The van der Waals surface area contributed by atoms with Crippen LogP contribution in [-0.4, -0.2) is 78.4 Å². The van der Waals surface area contributed by atoms with Crippen LogP contribution >= 0.6 is 0 Å². The number of carbonyl (C=O) groups is 6. The summed E-state index contributed by atoms with van der Waals surface area (Å²) in [5.41, 5.74) is 0. The number of hydrogen-bond donors (Lipinski definition) is 6. The van der Waals surface area contributed by atoms with Crippen LogP contribution in [0.25, 0.3) is 0 Å². The van der Waals surface area contributed by atoms with E-state index in [9.17, 15) is 28.8 Å². The van der Waals surface area contributed by atoms with E-state index in [0.29, 0.717) is 57.9 Å². The van der Waals surface area contributed by atoms with Crippen LogP contribution in [0.1, 0.15) is 38.5 Å². The van der Waals surface area contributed by atoms with Gasteiger partial charge < -0.3 is 36.3 Å². The second-order valence-corrected chi connectivity index (χ2v) is 7.01. The molecule has 33 heavy (non-hydrogen) atoms. The second-order valence-electron chi connectivity index (χ2n) is 7.01. The lowest BCUT2D eigenvalue weighted by atomic mass is 10.1. The van der Waals surface area contributed by atoms with E-state index in [1.165, 1.54) is 0 Å². The largest absolute Gasteiger partial charge is 0.478 e. The predicted octanol–water partition coefficient (Wildman–Crippen LogP) is -0.887. The summed E-state index contributed by atoms with van der Waals surface area (Å²) in [6.45, 7) is 0.643. The molecule has 3 amide bonds. The van der Waals surface area contributed by atoms with Crippen molar-refractivity contribution in [2.24, 2.45) is 0 Å². The van der Waals surface area contributed by atoms with Crippen molar-refractivity contribution in [3.8, 4) is 0 Å². The number of hydrogen-bond acceptors (Lipinski definition) is 7. The number of nitrogens with one attached hydrogen (secondary N) is 4. The van der Waals surface area contributed by atoms with Crippen molar-refractivity contribution in [2.45, 2.75) is 50.6 Å². The van der Waals surface area contributed by atoms with Crippen LogP contribution in [0.4, 0.5) is 0 Å². The molecule has 12 heteroatoms. The minimum absolute atomic E-state index is 0.310. The van der Waals surface area contributed by atoms with Crippen molar-refractivity contribution >= 4 is 35.9 Å². The molecule has 0 bridgehead atoms. The van der Waals surface area contributed by atoms with Crippen molar-refractivity contribution in [1.82, 2.24) is 21.3 Å². The number of carboxylic acid groups (broad SMARTS) is 2. The molecule has 0 aliphatic carbocycles. The molecule has 12 nitrogen and oxygen atoms in total. The fraction of sp³-hybridized carbons (Fsp3) is 0.524. The Morgan fingerprint density at radius 3 is 1.67 bits per heavy atom. The van der Waals surface area contributed by atoms with Crippen LogP contribution in [0.3, 0.4) is 0 Å². The topological polar surface area (TPSA) is 191 Å². The van der Waals surface area contributed by atoms with Gasteiger partial charge >= 0.3 is 11.9 Å². The zero-order valence-electron chi connectivity index (χ0n) is 18.5. The summed E-state index contributed by atoms with van der Waals surface area (Å²) < 4.78 is 0. The number of amides is 3. The number of aliphatic carboxylic acids is 2. The highest BCUT2D eigenvalue weighted by Gasteiger charge is 2.19.